The molecule has 0 aliphatic carbocycles. The molecule has 160 valence electrons. The first-order valence-corrected chi connectivity index (χ1v) is 10.0. The molecule has 0 saturated heterocycles. The highest BCUT2D eigenvalue weighted by Crippen LogP contribution is 2.29. The van der Waals surface area contributed by atoms with Gasteiger partial charge in [0.25, 0.3) is 0 Å². The third-order valence-corrected chi connectivity index (χ3v) is 4.61. The van der Waals surface area contributed by atoms with E-state index in [-0.39, 0.29) is 23.2 Å². The molecule has 0 saturated carbocycles. The molecule has 1 rings (SSSR count). The highest BCUT2D eigenvalue weighted by Gasteiger charge is 2.23. The van der Waals surface area contributed by atoms with Crippen LogP contribution in [0.5, 0.6) is 11.5 Å². The second-order valence-electron chi connectivity index (χ2n) is 8.08. The molecule has 0 spiro atoms. The Morgan fingerprint density at radius 1 is 1.07 bits per heavy atom. The second-order valence-corrected chi connectivity index (χ2v) is 8.08. The minimum absolute atomic E-state index is 0.0819. The molecule has 0 radical (unpaired) electrons. The molecule has 0 aromatic heterocycles. The summed E-state index contributed by atoms with van der Waals surface area (Å²) in [6.07, 6.45) is 5.36. The first-order valence-electron chi connectivity index (χ1n) is 10.0. The van der Waals surface area contributed by atoms with Gasteiger partial charge in [0, 0.05) is 18.9 Å². The van der Waals surface area contributed by atoms with Gasteiger partial charge in [-0.15, -0.1) is 0 Å². The van der Waals surface area contributed by atoms with Crippen LogP contribution in [0.4, 0.5) is 0 Å². The fourth-order valence-corrected chi connectivity index (χ4v) is 3.09. The minimum Gasteiger partial charge on any atom is -0.508 e. The first kappa shape index (κ1) is 24.5. The van der Waals surface area contributed by atoms with E-state index in [9.17, 15) is 19.8 Å². The molecule has 1 aromatic rings. The maximum atomic E-state index is 12.4. The number of rotatable bonds is 10. The van der Waals surface area contributed by atoms with Gasteiger partial charge in [-0.3, -0.25) is 9.59 Å². The Bertz CT molecular complexity index is 763. The highest BCUT2D eigenvalue weighted by molar-refractivity contribution is 5.88. The topological polar surface area (TPSA) is 83.8 Å². The van der Waals surface area contributed by atoms with E-state index in [1.54, 1.807) is 12.1 Å². The number of carbonyl (C=O) groups is 2. The van der Waals surface area contributed by atoms with Gasteiger partial charge in [0.15, 0.2) is 11.9 Å². The van der Waals surface area contributed by atoms with Crippen LogP contribution in [0.3, 0.4) is 0 Å². The summed E-state index contributed by atoms with van der Waals surface area (Å²) in [7, 11) is 0. The van der Waals surface area contributed by atoms with Crippen molar-refractivity contribution in [2.24, 2.45) is 5.92 Å². The number of allylic oxidation sites excluding steroid dienone is 3. The highest BCUT2D eigenvalue weighted by atomic mass is 16.5. The van der Waals surface area contributed by atoms with Gasteiger partial charge in [0.2, 0.25) is 0 Å². The van der Waals surface area contributed by atoms with Crippen molar-refractivity contribution in [3.8, 4) is 11.5 Å². The molecular formula is C24H34O5. The number of esters is 1. The van der Waals surface area contributed by atoms with Gasteiger partial charge in [0.05, 0.1) is 0 Å². The summed E-state index contributed by atoms with van der Waals surface area (Å²) in [4.78, 5) is 23.8. The molecular weight excluding hydrogens is 368 g/mol. The van der Waals surface area contributed by atoms with E-state index in [4.69, 9.17) is 4.74 Å². The van der Waals surface area contributed by atoms with Crippen molar-refractivity contribution in [1.82, 2.24) is 0 Å². The molecule has 0 amide bonds. The average molecular weight is 403 g/mol. The Hall–Kier alpha value is -2.56. The smallest absolute Gasteiger partial charge is 0.303 e. The number of ketones is 1. The number of ether oxygens (including phenoxy) is 1. The lowest BCUT2D eigenvalue weighted by atomic mass is 9.97. The van der Waals surface area contributed by atoms with E-state index >= 15 is 0 Å². The predicted molar refractivity (Wildman–Crippen MR) is 115 cm³/mol. The molecule has 1 atom stereocenters. The standard InChI is InChI=1S/C24H34O5/c1-15(2)12-23(28)24(29-19(6)25)18(5)9-7-8-16(3)10-11-20-21(26)13-17(4)14-22(20)27/h9-10,13-15,24,26-27H,7-8,11-12H2,1-6H3/b16-10+,18-9+/t24-/m1/s1. The summed E-state index contributed by atoms with van der Waals surface area (Å²) in [6, 6.07) is 3.27. The molecule has 0 aliphatic heterocycles. The van der Waals surface area contributed by atoms with Crippen molar-refractivity contribution >= 4 is 11.8 Å². The van der Waals surface area contributed by atoms with Crippen molar-refractivity contribution in [2.45, 2.75) is 73.3 Å². The van der Waals surface area contributed by atoms with Gasteiger partial charge in [-0.25, -0.2) is 0 Å². The number of phenols is 2. The zero-order valence-electron chi connectivity index (χ0n) is 18.4. The van der Waals surface area contributed by atoms with Gasteiger partial charge in [0.1, 0.15) is 11.5 Å². The predicted octanol–water partition coefficient (Wildman–Crippen LogP) is 5.17. The van der Waals surface area contributed by atoms with Crippen molar-refractivity contribution in [1.29, 1.82) is 0 Å². The summed E-state index contributed by atoms with van der Waals surface area (Å²) in [5.74, 6) is -0.159. The van der Waals surface area contributed by atoms with Crippen LogP contribution in [0.15, 0.2) is 35.4 Å². The minimum atomic E-state index is -0.819. The molecule has 0 bridgehead atoms. The van der Waals surface area contributed by atoms with Crippen LogP contribution in [0.2, 0.25) is 0 Å². The average Bonchev–Trinajstić information content (AvgIpc) is 2.57. The Morgan fingerprint density at radius 3 is 2.17 bits per heavy atom. The van der Waals surface area contributed by atoms with Crippen molar-refractivity contribution in [2.75, 3.05) is 0 Å². The Kier molecular flexibility index (Phi) is 9.66. The van der Waals surface area contributed by atoms with E-state index in [1.807, 2.05) is 46.8 Å². The molecule has 1 aromatic carbocycles. The largest absolute Gasteiger partial charge is 0.508 e. The van der Waals surface area contributed by atoms with Gasteiger partial charge < -0.3 is 14.9 Å². The van der Waals surface area contributed by atoms with Crippen LogP contribution in [-0.2, 0) is 20.7 Å². The number of phenolic OH excluding ortho intramolecular Hbond substituents is 2. The van der Waals surface area contributed by atoms with Crippen LogP contribution in [0.1, 0.15) is 65.0 Å². The zero-order valence-corrected chi connectivity index (χ0v) is 18.4. The number of hydrogen-bond donors (Lipinski definition) is 2. The number of hydrogen-bond acceptors (Lipinski definition) is 5. The van der Waals surface area contributed by atoms with Crippen LogP contribution < -0.4 is 0 Å². The quantitative estimate of drug-likeness (QED) is 0.417. The molecule has 2 N–H and O–H groups in total. The van der Waals surface area contributed by atoms with Crippen LogP contribution in [0, 0.1) is 12.8 Å². The third-order valence-electron chi connectivity index (χ3n) is 4.61. The zero-order chi connectivity index (χ0) is 22.1. The summed E-state index contributed by atoms with van der Waals surface area (Å²) in [5, 5.41) is 20.0. The number of Topliss-reactive ketones (excluding diaryl/α,β-unsaturated/α-hetero) is 1. The number of carbonyl (C=O) groups excluding carboxylic acids is 2. The Balaban J connectivity index is 2.74. The lowest BCUT2D eigenvalue weighted by Crippen LogP contribution is -2.28. The van der Waals surface area contributed by atoms with Crippen LogP contribution in [0.25, 0.3) is 0 Å². The summed E-state index contributed by atoms with van der Waals surface area (Å²) in [6.45, 7) is 10.8. The SMILES string of the molecule is CC(=O)O[C@@H](C(=O)CC(C)C)/C(C)=C/CC/C(C)=C/Cc1c(O)cc(C)cc1O. The molecule has 0 fully saturated rings. The molecule has 0 unspecified atom stereocenters. The van der Waals surface area contributed by atoms with Gasteiger partial charge >= 0.3 is 5.97 Å². The monoisotopic (exact) mass is 402 g/mol. The molecule has 29 heavy (non-hydrogen) atoms. The van der Waals surface area contributed by atoms with E-state index in [0.717, 1.165) is 23.1 Å². The van der Waals surface area contributed by atoms with Crippen LogP contribution >= 0.6 is 0 Å². The lowest BCUT2D eigenvalue weighted by Gasteiger charge is -2.18. The molecule has 0 aliphatic rings. The number of aromatic hydroxyl groups is 2. The Labute approximate surface area is 174 Å². The fraction of sp³-hybridized carbons (Fsp3) is 0.500. The summed E-state index contributed by atoms with van der Waals surface area (Å²) >= 11 is 0. The van der Waals surface area contributed by atoms with E-state index in [1.165, 1.54) is 6.92 Å². The number of aryl methyl sites for hydroxylation is 1. The maximum absolute atomic E-state index is 12.4. The van der Waals surface area contributed by atoms with E-state index < -0.39 is 12.1 Å². The van der Waals surface area contributed by atoms with Gasteiger partial charge in [-0.05, 0) is 69.2 Å². The van der Waals surface area contributed by atoms with Gasteiger partial charge in [-0.2, -0.15) is 0 Å². The molecule has 5 nitrogen and oxygen atoms in total. The number of benzene rings is 1. The second kappa shape index (κ2) is 11.4. The van der Waals surface area contributed by atoms with Crippen LogP contribution in [-0.4, -0.2) is 28.1 Å². The Morgan fingerprint density at radius 2 is 1.66 bits per heavy atom. The molecule has 0 heterocycles. The van der Waals surface area contributed by atoms with Crippen molar-refractivity contribution < 1.29 is 24.5 Å². The first-order chi connectivity index (χ1) is 13.5. The molecule has 5 heteroatoms. The summed E-state index contributed by atoms with van der Waals surface area (Å²) in [5.41, 5.74) is 3.16. The fourth-order valence-electron chi connectivity index (χ4n) is 3.09. The third kappa shape index (κ3) is 8.55. The van der Waals surface area contributed by atoms with E-state index in [2.05, 4.69) is 0 Å². The van der Waals surface area contributed by atoms with E-state index in [0.29, 0.717) is 24.8 Å². The maximum Gasteiger partial charge on any atom is 0.303 e. The van der Waals surface area contributed by atoms with Crippen molar-refractivity contribution in [3.63, 3.8) is 0 Å². The van der Waals surface area contributed by atoms with Gasteiger partial charge in [-0.1, -0.05) is 31.6 Å². The van der Waals surface area contributed by atoms with Crippen molar-refractivity contribution in [3.05, 3.63) is 46.6 Å². The lowest BCUT2D eigenvalue weighted by molar-refractivity contribution is -0.151. The normalized spacial score (nSPS) is 13.5. The summed E-state index contributed by atoms with van der Waals surface area (Å²) < 4.78 is 5.25.